The van der Waals surface area contributed by atoms with Gasteiger partial charge in [0, 0.05) is 10.5 Å². The molecule has 1 N–H and O–H groups in total. The number of rotatable bonds is 5. The molecular weight excluding hydrogens is 298 g/mol. The molecule has 0 saturated heterocycles. The third-order valence-corrected chi connectivity index (χ3v) is 5.90. The fourth-order valence-electron chi connectivity index (χ4n) is 3.70. The first-order valence-corrected chi connectivity index (χ1v) is 8.08. The van der Waals surface area contributed by atoms with Gasteiger partial charge in [0.2, 0.25) is 0 Å². The van der Waals surface area contributed by atoms with Crippen molar-refractivity contribution >= 4 is 15.9 Å². The second-order valence-electron chi connectivity index (χ2n) is 6.92. The number of likely N-dealkylation sites (N-methyl/N-ethyl adjacent to an activating group) is 1. The van der Waals surface area contributed by atoms with Crippen molar-refractivity contribution in [3.8, 4) is 0 Å². The zero-order valence-corrected chi connectivity index (χ0v) is 14.3. The van der Waals surface area contributed by atoms with E-state index >= 15 is 0 Å². The van der Waals surface area contributed by atoms with Crippen molar-refractivity contribution in [1.29, 1.82) is 0 Å². The summed E-state index contributed by atoms with van der Waals surface area (Å²) in [5.41, 5.74) is 2.30. The van der Waals surface area contributed by atoms with Gasteiger partial charge in [-0.2, -0.15) is 0 Å². The van der Waals surface area contributed by atoms with Crippen LogP contribution >= 0.6 is 15.9 Å². The SMILES string of the molecule is CCNC(Cc1ccc(Br)cc1)C1C(C)(C)C1(C)C. The van der Waals surface area contributed by atoms with E-state index in [0.29, 0.717) is 16.9 Å². The van der Waals surface area contributed by atoms with E-state index in [1.54, 1.807) is 0 Å². The van der Waals surface area contributed by atoms with Crippen LogP contribution in [0.5, 0.6) is 0 Å². The third kappa shape index (κ3) is 2.75. The lowest BCUT2D eigenvalue weighted by Crippen LogP contribution is -2.35. The quantitative estimate of drug-likeness (QED) is 0.831. The van der Waals surface area contributed by atoms with E-state index in [0.717, 1.165) is 23.4 Å². The maximum Gasteiger partial charge on any atom is 0.0175 e. The van der Waals surface area contributed by atoms with E-state index in [2.05, 4.69) is 80.1 Å². The summed E-state index contributed by atoms with van der Waals surface area (Å²) in [4.78, 5) is 0. The van der Waals surface area contributed by atoms with Gasteiger partial charge in [0.05, 0.1) is 0 Å². The summed E-state index contributed by atoms with van der Waals surface area (Å²) in [6.07, 6.45) is 1.12. The fourth-order valence-corrected chi connectivity index (χ4v) is 3.96. The molecule has 0 bridgehead atoms. The van der Waals surface area contributed by atoms with E-state index in [9.17, 15) is 0 Å². The van der Waals surface area contributed by atoms with E-state index in [-0.39, 0.29) is 0 Å². The summed E-state index contributed by atoms with van der Waals surface area (Å²) in [5.74, 6) is 0.753. The standard InChI is InChI=1S/C17H26BrN/c1-6-19-14(15-16(2,3)17(15,4)5)11-12-7-9-13(18)10-8-12/h7-10,14-15,19H,6,11H2,1-5H3. The molecule has 0 amide bonds. The van der Waals surface area contributed by atoms with Crippen LogP contribution in [0.4, 0.5) is 0 Å². The minimum absolute atomic E-state index is 0.440. The summed E-state index contributed by atoms with van der Waals surface area (Å²) in [7, 11) is 0. The van der Waals surface area contributed by atoms with Crippen LogP contribution in [0.2, 0.25) is 0 Å². The first kappa shape index (κ1) is 15.1. The molecule has 0 spiro atoms. The van der Waals surface area contributed by atoms with Crippen molar-refractivity contribution in [3.63, 3.8) is 0 Å². The lowest BCUT2D eigenvalue weighted by atomic mass is 9.97. The molecule has 19 heavy (non-hydrogen) atoms. The Bertz CT molecular complexity index is 419. The molecule has 1 saturated carbocycles. The average Bonchev–Trinajstić information content (AvgIpc) is 2.72. The van der Waals surface area contributed by atoms with E-state index in [1.165, 1.54) is 5.56 Å². The molecule has 1 atom stereocenters. The molecule has 1 aromatic rings. The second kappa shape index (κ2) is 5.21. The highest BCUT2D eigenvalue weighted by molar-refractivity contribution is 9.10. The third-order valence-electron chi connectivity index (χ3n) is 5.37. The van der Waals surface area contributed by atoms with Crippen molar-refractivity contribution in [1.82, 2.24) is 5.32 Å². The normalized spacial score (nSPS) is 22.2. The molecule has 1 aliphatic rings. The maximum absolute atomic E-state index is 3.71. The highest BCUT2D eigenvalue weighted by atomic mass is 79.9. The minimum Gasteiger partial charge on any atom is -0.314 e. The molecule has 1 aromatic carbocycles. The number of halogens is 1. The van der Waals surface area contributed by atoms with E-state index < -0.39 is 0 Å². The predicted molar refractivity (Wildman–Crippen MR) is 86.4 cm³/mol. The molecule has 2 heteroatoms. The van der Waals surface area contributed by atoms with Gasteiger partial charge in [0.15, 0.2) is 0 Å². The van der Waals surface area contributed by atoms with Crippen LogP contribution in [0.15, 0.2) is 28.7 Å². The summed E-state index contributed by atoms with van der Waals surface area (Å²) in [6, 6.07) is 9.33. The summed E-state index contributed by atoms with van der Waals surface area (Å²) >= 11 is 3.50. The molecule has 0 aromatic heterocycles. The zero-order chi connectivity index (χ0) is 14.3. The van der Waals surface area contributed by atoms with Crippen LogP contribution in [-0.2, 0) is 6.42 Å². The smallest absolute Gasteiger partial charge is 0.0175 e. The van der Waals surface area contributed by atoms with Gasteiger partial charge in [0.25, 0.3) is 0 Å². The Morgan fingerprint density at radius 3 is 2.05 bits per heavy atom. The first-order chi connectivity index (χ1) is 8.80. The van der Waals surface area contributed by atoms with Crippen LogP contribution in [0.1, 0.15) is 40.2 Å². The lowest BCUT2D eigenvalue weighted by Gasteiger charge is -2.20. The molecule has 2 rings (SSSR count). The van der Waals surface area contributed by atoms with Gasteiger partial charge in [0.1, 0.15) is 0 Å². The molecule has 0 radical (unpaired) electrons. The van der Waals surface area contributed by atoms with Crippen molar-refractivity contribution in [2.75, 3.05) is 6.54 Å². The van der Waals surface area contributed by atoms with Gasteiger partial charge < -0.3 is 5.32 Å². The van der Waals surface area contributed by atoms with Crippen molar-refractivity contribution in [3.05, 3.63) is 34.3 Å². The zero-order valence-electron chi connectivity index (χ0n) is 12.8. The van der Waals surface area contributed by atoms with E-state index in [4.69, 9.17) is 0 Å². The largest absolute Gasteiger partial charge is 0.314 e. The fraction of sp³-hybridized carbons (Fsp3) is 0.647. The van der Waals surface area contributed by atoms with Gasteiger partial charge in [-0.3, -0.25) is 0 Å². The van der Waals surface area contributed by atoms with Crippen LogP contribution < -0.4 is 5.32 Å². The number of hydrogen-bond donors (Lipinski definition) is 1. The Morgan fingerprint density at radius 1 is 1.11 bits per heavy atom. The molecule has 106 valence electrons. The van der Waals surface area contributed by atoms with Crippen LogP contribution in [0.25, 0.3) is 0 Å². The van der Waals surface area contributed by atoms with Gasteiger partial charge >= 0.3 is 0 Å². The monoisotopic (exact) mass is 323 g/mol. The molecule has 0 heterocycles. The second-order valence-corrected chi connectivity index (χ2v) is 7.83. The summed E-state index contributed by atoms with van der Waals surface area (Å²) in [5, 5.41) is 3.71. The Hall–Kier alpha value is -0.340. The van der Waals surface area contributed by atoms with Crippen molar-refractivity contribution in [2.24, 2.45) is 16.7 Å². The highest BCUT2D eigenvalue weighted by Gasteiger charge is 2.66. The maximum atomic E-state index is 3.71. The number of benzene rings is 1. The molecule has 1 fully saturated rings. The topological polar surface area (TPSA) is 12.0 Å². The van der Waals surface area contributed by atoms with Crippen LogP contribution in [0, 0.1) is 16.7 Å². The average molecular weight is 324 g/mol. The van der Waals surface area contributed by atoms with Crippen LogP contribution in [-0.4, -0.2) is 12.6 Å². The van der Waals surface area contributed by atoms with E-state index in [1.807, 2.05) is 0 Å². The number of hydrogen-bond acceptors (Lipinski definition) is 1. The first-order valence-electron chi connectivity index (χ1n) is 7.28. The molecule has 1 nitrogen and oxygen atoms in total. The molecule has 0 aliphatic heterocycles. The Kier molecular flexibility index (Phi) is 4.13. The van der Waals surface area contributed by atoms with Gasteiger partial charge in [-0.15, -0.1) is 0 Å². The molecular formula is C17H26BrN. The van der Waals surface area contributed by atoms with Gasteiger partial charge in [-0.1, -0.05) is 62.7 Å². The molecule has 1 aliphatic carbocycles. The molecule has 1 unspecified atom stereocenters. The predicted octanol–water partition coefficient (Wildman–Crippen LogP) is 4.65. The van der Waals surface area contributed by atoms with Gasteiger partial charge in [-0.05, 0) is 47.4 Å². The minimum atomic E-state index is 0.440. The van der Waals surface area contributed by atoms with Gasteiger partial charge in [-0.25, -0.2) is 0 Å². The Balaban J connectivity index is 2.12. The van der Waals surface area contributed by atoms with Crippen LogP contribution in [0.3, 0.4) is 0 Å². The lowest BCUT2D eigenvalue weighted by molar-refractivity contribution is 0.403. The summed E-state index contributed by atoms with van der Waals surface area (Å²) in [6.45, 7) is 12.9. The Labute approximate surface area is 126 Å². The highest BCUT2D eigenvalue weighted by Crippen LogP contribution is 2.69. The summed E-state index contributed by atoms with van der Waals surface area (Å²) < 4.78 is 1.16. The van der Waals surface area contributed by atoms with Crippen molar-refractivity contribution in [2.45, 2.75) is 47.1 Å². The number of nitrogens with one attached hydrogen (secondary N) is 1. The Morgan fingerprint density at radius 2 is 1.63 bits per heavy atom. The van der Waals surface area contributed by atoms with Crippen molar-refractivity contribution < 1.29 is 0 Å².